The first-order valence-corrected chi connectivity index (χ1v) is 11.1. The molecule has 2 aromatic carbocycles. The lowest BCUT2D eigenvalue weighted by molar-refractivity contribution is -0.124. The Labute approximate surface area is 192 Å². The molecule has 4 rings (SSSR count). The summed E-state index contributed by atoms with van der Waals surface area (Å²) in [5.41, 5.74) is 1.79. The Morgan fingerprint density at radius 2 is 1.82 bits per heavy atom. The minimum atomic E-state index is -0.468. The fourth-order valence-corrected chi connectivity index (χ4v) is 4.29. The van der Waals surface area contributed by atoms with E-state index in [9.17, 15) is 23.6 Å². The Balaban J connectivity index is 1.24. The molecule has 0 atom stereocenters. The molecule has 10 heteroatoms. The first-order chi connectivity index (χ1) is 15.9. The molecule has 1 saturated heterocycles. The van der Waals surface area contributed by atoms with Crippen molar-refractivity contribution in [3.63, 3.8) is 0 Å². The van der Waals surface area contributed by atoms with Crippen molar-refractivity contribution in [2.45, 2.75) is 19.4 Å². The van der Waals surface area contributed by atoms with Crippen molar-refractivity contribution in [1.82, 2.24) is 14.8 Å². The summed E-state index contributed by atoms with van der Waals surface area (Å²) in [6, 6.07) is 12.7. The average molecular weight is 469 g/mol. The lowest BCUT2D eigenvalue weighted by Crippen LogP contribution is -2.37. The number of aromatic nitrogens is 1. The zero-order chi connectivity index (χ0) is 23.4. The Morgan fingerprint density at radius 1 is 1.06 bits per heavy atom. The predicted octanol–water partition coefficient (Wildman–Crippen LogP) is 3.37. The van der Waals surface area contributed by atoms with Crippen LogP contribution in [0.3, 0.4) is 0 Å². The molecule has 3 amide bonds. The number of carbonyl (C=O) groups is 3. The van der Waals surface area contributed by atoms with Crippen LogP contribution in [0.25, 0.3) is 17.2 Å². The van der Waals surface area contributed by atoms with Crippen LogP contribution >= 0.6 is 11.8 Å². The standard InChI is InChI=1S/C23H20FN3O5S/c24-16-9-7-15(8-10-16)14-19-21(29)27(23(31)33-19)13-11-25-20(28)6-3-12-26-17-4-1-2-5-18(17)32-22(26)30/h1-2,4-5,7-10,14H,3,6,11-13H2,(H,25,28)/b19-14-. The molecule has 3 aromatic rings. The molecular weight excluding hydrogens is 449 g/mol. The van der Waals surface area contributed by atoms with Gasteiger partial charge in [0.1, 0.15) is 5.82 Å². The minimum Gasteiger partial charge on any atom is -0.408 e. The van der Waals surface area contributed by atoms with Gasteiger partial charge in [0.2, 0.25) is 5.91 Å². The molecule has 1 aromatic heterocycles. The maximum absolute atomic E-state index is 13.0. The molecule has 33 heavy (non-hydrogen) atoms. The number of nitrogens with one attached hydrogen (secondary N) is 1. The number of halogens is 1. The molecule has 0 unspecified atom stereocenters. The summed E-state index contributed by atoms with van der Waals surface area (Å²) < 4.78 is 19.7. The van der Waals surface area contributed by atoms with Gasteiger partial charge < -0.3 is 9.73 Å². The molecule has 0 bridgehead atoms. The maximum atomic E-state index is 13.0. The van der Waals surface area contributed by atoms with Crippen LogP contribution in [0.2, 0.25) is 0 Å². The number of nitrogens with zero attached hydrogens (tertiary/aromatic N) is 2. The zero-order valence-corrected chi connectivity index (χ0v) is 18.3. The van der Waals surface area contributed by atoms with Crippen LogP contribution in [0.15, 0.2) is 62.6 Å². The molecule has 8 nitrogen and oxygen atoms in total. The van der Waals surface area contributed by atoms with Crippen LogP contribution in [0.4, 0.5) is 9.18 Å². The number of rotatable bonds is 8. The monoisotopic (exact) mass is 469 g/mol. The van der Waals surface area contributed by atoms with Crippen molar-refractivity contribution in [2.75, 3.05) is 13.1 Å². The van der Waals surface area contributed by atoms with Crippen molar-refractivity contribution in [1.29, 1.82) is 0 Å². The molecule has 1 N–H and O–H groups in total. The van der Waals surface area contributed by atoms with Crippen molar-refractivity contribution < 1.29 is 23.2 Å². The summed E-state index contributed by atoms with van der Waals surface area (Å²) in [5, 5.41) is 2.26. The van der Waals surface area contributed by atoms with Gasteiger partial charge in [-0.2, -0.15) is 0 Å². The van der Waals surface area contributed by atoms with Gasteiger partial charge in [-0.1, -0.05) is 24.3 Å². The smallest absolute Gasteiger partial charge is 0.408 e. The molecule has 0 saturated carbocycles. The van der Waals surface area contributed by atoms with Gasteiger partial charge in [0.05, 0.1) is 10.4 Å². The van der Waals surface area contributed by atoms with Crippen molar-refractivity contribution >= 4 is 46.0 Å². The van der Waals surface area contributed by atoms with E-state index >= 15 is 0 Å². The van der Waals surface area contributed by atoms with Gasteiger partial charge in [0, 0.05) is 26.1 Å². The van der Waals surface area contributed by atoms with E-state index in [1.165, 1.54) is 34.9 Å². The predicted molar refractivity (Wildman–Crippen MR) is 122 cm³/mol. The summed E-state index contributed by atoms with van der Waals surface area (Å²) in [7, 11) is 0. The first kappa shape index (κ1) is 22.5. The van der Waals surface area contributed by atoms with Crippen molar-refractivity contribution in [3.05, 3.63) is 75.4 Å². The van der Waals surface area contributed by atoms with E-state index in [0.717, 1.165) is 16.7 Å². The van der Waals surface area contributed by atoms with Crippen LogP contribution < -0.4 is 11.1 Å². The van der Waals surface area contributed by atoms with Crippen LogP contribution in [0.1, 0.15) is 18.4 Å². The first-order valence-electron chi connectivity index (χ1n) is 10.3. The maximum Gasteiger partial charge on any atom is 0.419 e. The van der Waals surface area contributed by atoms with Crippen LogP contribution in [-0.2, 0) is 16.1 Å². The Morgan fingerprint density at radius 3 is 2.61 bits per heavy atom. The highest BCUT2D eigenvalue weighted by Gasteiger charge is 2.34. The molecule has 2 heterocycles. The van der Waals surface area contributed by atoms with Gasteiger partial charge in [-0.25, -0.2) is 9.18 Å². The number of oxazole rings is 1. The van der Waals surface area contributed by atoms with Crippen molar-refractivity contribution in [2.24, 2.45) is 0 Å². The van der Waals surface area contributed by atoms with E-state index in [4.69, 9.17) is 4.42 Å². The number of hydrogen-bond donors (Lipinski definition) is 1. The molecule has 1 aliphatic rings. The Bertz CT molecular complexity index is 1300. The van der Waals surface area contributed by atoms with Crippen molar-refractivity contribution in [3.8, 4) is 0 Å². The number of para-hydroxylation sites is 2. The number of carbonyl (C=O) groups excluding carboxylic acids is 3. The average Bonchev–Trinajstić information content (AvgIpc) is 3.25. The van der Waals surface area contributed by atoms with Gasteiger partial charge in [-0.3, -0.25) is 23.9 Å². The number of fused-ring (bicyclic) bond motifs is 1. The summed E-state index contributed by atoms with van der Waals surface area (Å²) in [5.74, 6) is -1.55. The van der Waals surface area contributed by atoms with E-state index in [1.807, 2.05) is 0 Å². The molecule has 0 spiro atoms. The summed E-state index contributed by atoms with van der Waals surface area (Å²) >= 11 is 0.805. The van der Waals surface area contributed by atoms with Crippen LogP contribution in [-0.4, -0.2) is 39.6 Å². The third-order valence-corrected chi connectivity index (χ3v) is 5.97. The largest absolute Gasteiger partial charge is 0.419 e. The molecule has 170 valence electrons. The number of amides is 3. The summed E-state index contributed by atoms with van der Waals surface area (Å²) in [6.45, 7) is 0.499. The van der Waals surface area contributed by atoms with Gasteiger partial charge in [0.25, 0.3) is 11.1 Å². The highest BCUT2D eigenvalue weighted by atomic mass is 32.2. The van der Waals surface area contributed by atoms with Gasteiger partial charge in [-0.05, 0) is 54.1 Å². The van der Waals surface area contributed by atoms with Crippen LogP contribution in [0.5, 0.6) is 0 Å². The second-order valence-corrected chi connectivity index (χ2v) is 8.32. The Kier molecular flexibility index (Phi) is 6.74. The normalized spacial score (nSPS) is 15.1. The highest BCUT2D eigenvalue weighted by molar-refractivity contribution is 8.18. The molecule has 0 aliphatic carbocycles. The third-order valence-electron chi connectivity index (χ3n) is 5.06. The fraction of sp³-hybridized carbons (Fsp3) is 0.217. The van der Waals surface area contributed by atoms with Gasteiger partial charge in [-0.15, -0.1) is 0 Å². The minimum absolute atomic E-state index is 0.0446. The van der Waals surface area contributed by atoms with E-state index < -0.39 is 16.9 Å². The summed E-state index contributed by atoms with van der Waals surface area (Å²) in [6.07, 6.45) is 2.14. The number of hydrogen-bond acceptors (Lipinski definition) is 6. The molecular formula is C23H20FN3O5S. The second-order valence-electron chi connectivity index (χ2n) is 7.33. The molecule has 1 fully saturated rings. The highest BCUT2D eigenvalue weighted by Crippen LogP contribution is 2.31. The number of imide groups is 1. The number of benzene rings is 2. The fourth-order valence-electron chi connectivity index (χ4n) is 3.42. The van der Waals surface area contributed by atoms with Crippen LogP contribution in [0, 0.1) is 5.82 Å². The van der Waals surface area contributed by atoms with E-state index in [-0.39, 0.29) is 36.1 Å². The lowest BCUT2D eigenvalue weighted by Gasteiger charge is -2.13. The summed E-state index contributed by atoms with van der Waals surface area (Å²) in [4.78, 5) is 50.1. The SMILES string of the molecule is O=C(CCCn1c(=O)oc2ccccc21)NCCN1C(=O)S/C(=C\c2ccc(F)cc2)C1=O. The third kappa shape index (κ3) is 5.23. The van der Waals surface area contributed by atoms with E-state index in [1.54, 1.807) is 24.3 Å². The number of aryl methyl sites for hydroxylation is 1. The van der Waals surface area contributed by atoms with E-state index in [0.29, 0.717) is 29.6 Å². The number of thioether (sulfide) groups is 1. The molecule has 1 aliphatic heterocycles. The van der Waals surface area contributed by atoms with Gasteiger partial charge >= 0.3 is 5.76 Å². The zero-order valence-electron chi connectivity index (χ0n) is 17.5. The quantitative estimate of drug-likeness (QED) is 0.508. The lowest BCUT2D eigenvalue weighted by atomic mass is 10.2. The Hall–Kier alpha value is -3.66. The van der Waals surface area contributed by atoms with E-state index in [2.05, 4.69) is 5.32 Å². The van der Waals surface area contributed by atoms with Gasteiger partial charge in [0.15, 0.2) is 5.58 Å². The molecule has 0 radical (unpaired) electrons. The topological polar surface area (TPSA) is 102 Å². The second kappa shape index (κ2) is 9.86.